The molecule has 0 bridgehead atoms. The Morgan fingerprint density at radius 2 is 1.93 bits per heavy atom. The molecule has 3 aromatic heterocycles. The zero-order valence-corrected chi connectivity index (χ0v) is 15.9. The van der Waals surface area contributed by atoms with Gasteiger partial charge in [0.25, 0.3) is 5.91 Å². The molecule has 4 aromatic rings. The van der Waals surface area contributed by atoms with E-state index in [1.165, 1.54) is 0 Å². The van der Waals surface area contributed by atoms with Crippen LogP contribution in [0.4, 0.5) is 0 Å². The molecule has 0 radical (unpaired) electrons. The fourth-order valence-corrected chi connectivity index (χ4v) is 3.14. The Kier molecular flexibility index (Phi) is 4.89. The van der Waals surface area contributed by atoms with E-state index in [1.54, 1.807) is 18.6 Å². The number of amides is 1. The first-order valence-electron chi connectivity index (χ1n) is 9.32. The number of carbonyl (C=O) groups is 1. The summed E-state index contributed by atoms with van der Waals surface area (Å²) in [6.45, 7) is 4.66. The third kappa shape index (κ3) is 3.64. The number of benzene rings is 1. The van der Waals surface area contributed by atoms with Crippen molar-refractivity contribution in [1.29, 1.82) is 0 Å². The van der Waals surface area contributed by atoms with E-state index in [1.807, 2.05) is 51.6 Å². The van der Waals surface area contributed by atoms with Gasteiger partial charge in [-0.25, -0.2) is 4.98 Å². The topological polar surface area (TPSA) is 77.1 Å². The molecule has 0 unspecified atom stereocenters. The lowest BCUT2D eigenvalue weighted by atomic mass is 10.2. The van der Waals surface area contributed by atoms with Crippen LogP contribution >= 0.6 is 0 Å². The van der Waals surface area contributed by atoms with Gasteiger partial charge in [-0.15, -0.1) is 10.2 Å². The van der Waals surface area contributed by atoms with Crippen molar-refractivity contribution in [3.8, 4) is 11.3 Å². The zero-order chi connectivity index (χ0) is 19.5. The molecule has 7 heteroatoms. The summed E-state index contributed by atoms with van der Waals surface area (Å²) >= 11 is 0. The van der Waals surface area contributed by atoms with Crippen LogP contribution in [-0.2, 0) is 6.42 Å². The minimum absolute atomic E-state index is 0.118. The number of carbonyl (C=O) groups excluding carboxylic acids is 1. The molecule has 0 aliphatic rings. The van der Waals surface area contributed by atoms with Crippen molar-refractivity contribution in [1.82, 2.24) is 29.5 Å². The Morgan fingerprint density at radius 3 is 2.71 bits per heavy atom. The van der Waals surface area contributed by atoms with E-state index in [4.69, 9.17) is 0 Å². The van der Waals surface area contributed by atoms with Gasteiger partial charge >= 0.3 is 0 Å². The monoisotopic (exact) mass is 374 g/mol. The van der Waals surface area contributed by atoms with Crippen LogP contribution in [0.5, 0.6) is 0 Å². The summed E-state index contributed by atoms with van der Waals surface area (Å²) in [5, 5.41) is 11.0. The van der Waals surface area contributed by atoms with E-state index in [9.17, 15) is 4.79 Å². The summed E-state index contributed by atoms with van der Waals surface area (Å²) in [5.41, 5.74) is 3.33. The van der Waals surface area contributed by atoms with Crippen molar-refractivity contribution >= 4 is 11.6 Å². The first-order chi connectivity index (χ1) is 13.6. The van der Waals surface area contributed by atoms with E-state index in [-0.39, 0.29) is 5.91 Å². The zero-order valence-electron chi connectivity index (χ0n) is 15.9. The quantitative estimate of drug-likeness (QED) is 0.562. The molecule has 1 amide bonds. The lowest BCUT2D eigenvalue weighted by Gasteiger charge is -2.10. The molecular weight excluding hydrogens is 352 g/mol. The summed E-state index contributed by atoms with van der Waals surface area (Å²) < 4.78 is 3.89. The molecule has 0 saturated heterocycles. The highest BCUT2D eigenvalue weighted by atomic mass is 16.1. The van der Waals surface area contributed by atoms with Gasteiger partial charge in [0, 0.05) is 37.0 Å². The third-order valence-electron chi connectivity index (χ3n) is 4.62. The first kappa shape index (κ1) is 17.9. The molecule has 4 rings (SSSR count). The van der Waals surface area contributed by atoms with Crippen molar-refractivity contribution < 1.29 is 4.79 Å². The summed E-state index contributed by atoms with van der Waals surface area (Å²) in [5.74, 6) is 0.750. The minimum atomic E-state index is -0.118. The van der Waals surface area contributed by atoms with Gasteiger partial charge in [0.1, 0.15) is 17.8 Å². The molecule has 142 valence electrons. The standard InChI is InChI=1S/C21H22N6O/c1-15(2)27-14-23-25-20(27)10-11-22-21(28)17-8-9-19-24-18(13-26(19)12-17)16-6-4-3-5-7-16/h3-9,12-15H,10-11H2,1-2H3,(H,22,28). The Balaban J connectivity index is 1.45. The van der Waals surface area contributed by atoms with Crippen LogP contribution in [0.2, 0.25) is 0 Å². The largest absolute Gasteiger partial charge is 0.352 e. The molecule has 0 fully saturated rings. The van der Waals surface area contributed by atoms with Crippen LogP contribution in [0.3, 0.4) is 0 Å². The average Bonchev–Trinajstić information content (AvgIpc) is 3.35. The van der Waals surface area contributed by atoms with Crippen molar-refractivity contribution in [2.24, 2.45) is 0 Å². The highest BCUT2D eigenvalue weighted by molar-refractivity contribution is 5.94. The van der Waals surface area contributed by atoms with Crippen LogP contribution < -0.4 is 5.32 Å². The van der Waals surface area contributed by atoms with Crippen molar-refractivity contribution in [2.75, 3.05) is 6.54 Å². The smallest absolute Gasteiger partial charge is 0.252 e. The summed E-state index contributed by atoms with van der Waals surface area (Å²) in [6.07, 6.45) is 6.10. The summed E-state index contributed by atoms with van der Waals surface area (Å²) in [7, 11) is 0. The number of hydrogen-bond donors (Lipinski definition) is 1. The predicted octanol–water partition coefficient (Wildman–Crippen LogP) is 3.15. The predicted molar refractivity (Wildman–Crippen MR) is 107 cm³/mol. The van der Waals surface area contributed by atoms with Crippen molar-refractivity contribution in [3.63, 3.8) is 0 Å². The van der Waals surface area contributed by atoms with Gasteiger partial charge in [-0.05, 0) is 26.0 Å². The second-order valence-corrected chi connectivity index (χ2v) is 6.93. The van der Waals surface area contributed by atoms with E-state index in [0.717, 1.165) is 22.7 Å². The van der Waals surface area contributed by atoms with Crippen LogP contribution in [0, 0.1) is 0 Å². The maximum Gasteiger partial charge on any atom is 0.252 e. The SMILES string of the molecule is CC(C)n1cnnc1CCNC(=O)c1ccc2nc(-c3ccccc3)cn2c1. The molecule has 1 N–H and O–H groups in total. The van der Waals surface area contributed by atoms with Crippen LogP contribution in [-0.4, -0.2) is 36.6 Å². The average molecular weight is 374 g/mol. The van der Waals surface area contributed by atoms with Gasteiger partial charge in [0.2, 0.25) is 0 Å². The van der Waals surface area contributed by atoms with E-state index < -0.39 is 0 Å². The van der Waals surface area contributed by atoms with Crippen LogP contribution in [0.15, 0.2) is 61.2 Å². The van der Waals surface area contributed by atoms with Gasteiger partial charge in [-0.2, -0.15) is 0 Å². The Labute approximate surface area is 163 Å². The molecule has 28 heavy (non-hydrogen) atoms. The number of nitrogens with one attached hydrogen (secondary N) is 1. The summed E-state index contributed by atoms with van der Waals surface area (Å²) in [4.78, 5) is 17.1. The maximum atomic E-state index is 12.5. The second kappa shape index (κ2) is 7.64. The molecule has 1 aromatic carbocycles. The molecule has 7 nitrogen and oxygen atoms in total. The number of rotatable bonds is 6. The third-order valence-corrected chi connectivity index (χ3v) is 4.62. The molecule has 0 spiro atoms. The number of nitrogens with zero attached hydrogens (tertiary/aromatic N) is 5. The highest BCUT2D eigenvalue weighted by Gasteiger charge is 2.11. The first-order valence-corrected chi connectivity index (χ1v) is 9.32. The molecule has 0 aliphatic carbocycles. The van der Waals surface area contributed by atoms with Gasteiger partial charge in [-0.1, -0.05) is 30.3 Å². The van der Waals surface area contributed by atoms with Gasteiger partial charge in [0.05, 0.1) is 11.3 Å². The van der Waals surface area contributed by atoms with Gasteiger partial charge in [0.15, 0.2) is 0 Å². The number of aromatic nitrogens is 5. The Bertz CT molecular complexity index is 1100. The van der Waals surface area contributed by atoms with E-state index >= 15 is 0 Å². The summed E-state index contributed by atoms with van der Waals surface area (Å²) in [6, 6.07) is 13.9. The number of hydrogen-bond acceptors (Lipinski definition) is 4. The van der Waals surface area contributed by atoms with E-state index in [0.29, 0.717) is 24.6 Å². The van der Waals surface area contributed by atoms with Crippen LogP contribution in [0.25, 0.3) is 16.9 Å². The second-order valence-electron chi connectivity index (χ2n) is 6.93. The van der Waals surface area contributed by atoms with Gasteiger partial charge < -0.3 is 14.3 Å². The molecule has 0 saturated carbocycles. The lowest BCUT2D eigenvalue weighted by molar-refractivity contribution is 0.0953. The van der Waals surface area contributed by atoms with Crippen molar-refractivity contribution in [2.45, 2.75) is 26.3 Å². The number of imidazole rings is 1. The van der Waals surface area contributed by atoms with Gasteiger partial charge in [-0.3, -0.25) is 4.79 Å². The Morgan fingerprint density at radius 1 is 1.11 bits per heavy atom. The lowest BCUT2D eigenvalue weighted by Crippen LogP contribution is -2.26. The number of pyridine rings is 1. The normalized spacial score (nSPS) is 11.2. The number of fused-ring (bicyclic) bond motifs is 1. The Hall–Kier alpha value is -3.48. The molecular formula is C21H22N6O. The molecule has 0 atom stereocenters. The maximum absolute atomic E-state index is 12.5. The molecule has 3 heterocycles. The highest BCUT2D eigenvalue weighted by Crippen LogP contribution is 2.19. The van der Waals surface area contributed by atoms with Crippen molar-refractivity contribution in [3.05, 3.63) is 72.6 Å². The fourth-order valence-electron chi connectivity index (χ4n) is 3.14. The van der Waals surface area contributed by atoms with E-state index in [2.05, 4.69) is 34.3 Å². The molecule has 0 aliphatic heterocycles. The van der Waals surface area contributed by atoms with Crippen LogP contribution in [0.1, 0.15) is 36.1 Å². The minimum Gasteiger partial charge on any atom is -0.352 e. The fraction of sp³-hybridized carbons (Fsp3) is 0.238.